The number of benzene rings is 2. The molecule has 0 bridgehead atoms. The highest BCUT2D eigenvalue weighted by Crippen LogP contribution is 2.32. The van der Waals surface area contributed by atoms with Crippen LogP contribution in [0.15, 0.2) is 42.5 Å². The molecule has 0 radical (unpaired) electrons. The van der Waals surface area contributed by atoms with Gasteiger partial charge < -0.3 is 20.4 Å². The molecule has 0 heterocycles. The van der Waals surface area contributed by atoms with E-state index in [-0.39, 0.29) is 23.8 Å². The van der Waals surface area contributed by atoms with Crippen LogP contribution in [-0.2, 0) is 6.54 Å². The van der Waals surface area contributed by atoms with Crippen molar-refractivity contribution in [2.24, 2.45) is 5.92 Å². The van der Waals surface area contributed by atoms with Crippen molar-refractivity contribution in [3.63, 3.8) is 0 Å². The number of hydrogen-bond donors (Lipinski definition) is 2. The molecule has 7 heteroatoms. The zero-order valence-corrected chi connectivity index (χ0v) is 18.6. The maximum Gasteiger partial charge on any atom is 0.319 e. The Morgan fingerprint density at radius 2 is 1.77 bits per heavy atom. The summed E-state index contributed by atoms with van der Waals surface area (Å²) in [5.41, 5.74) is 3.05. The number of anilines is 2. The molecule has 0 saturated heterocycles. The molecule has 1 saturated carbocycles. The Kier molecular flexibility index (Phi) is 7.15. The SMILES string of the molecule is CC(C)NC(=O)Nc1ccc(N(C)C)c(CN(CC2CC2)C(=O)c2ccc(F)cc2)c1. The Morgan fingerprint density at radius 1 is 1.10 bits per heavy atom. The Labute approximate surface area is 183 Å². The predicted molar refractivity (Wildman–Crippen MR) is 122 cm³/mol. The first-order chi connectivity index (χ1) is 14.7. The molecular weight excluding hydrogens is 395 g/mol. The number of carbonyl (C=O) groups is 2. The molecule has 1 aliphatic carbocycles. The number of nitrogens with one attached hydrogen (secondary N) is 2. The zero-order chi connectivity index (χ0) is 22.5. The van der Waals surface area contributed by atoms with Crippen LogP contribution in [0.2, 0.25) is 0 Å². The van der Waals surface area contributed by atoms with Gasteiger partial charge >= 0.3 is 6.03 Å². The average Bonchev–Trinajstić information content (AvgIpc) is 3.51. The quantitative estimate of drug-likeness (QED) is 0.654. The highest BCUT2D eigenvalue weighted by Gasteiger charge is 2.28. The van der Waals surface area contributed by atoms with Crippen LogP contribution < -0.4 is 15.5 Å². The molecule has 6 nitrogen and oxygen atoms in total. The summed E-state index contributed by atoms with van der Waals surface area (Å²) in [4.78, 5) is 29.1. The first-order valence-electron chi connectivity index (χ1n) is 10.7. The van der Waals surface area contributed by atoms with Crippen LogP contribution in [0.3, 0.4) is 0 Å². The van der Waals surface area contributed by atoms with E-state index in [1.54, 1.807) is 0 Å². The summed E-state index contributed by atoms with van der Waals surface area (Å²) in [7, 11) is 3.90. The van der Waals surface area contributed by atoms with Gasteiger partial charge in [-0.3, -0.25) is 4.79 Å². The van der Waals surface area contributed by atoms with Crippen LogP contribution in [0.5, 0.6) is 0 Å². The van der Waals surface area contributed by atoms with E-state index in [9.17, 15) is 14.0 Å². The second kappa shape index (κ2) is 9.81. The normalized spacial score (nSPS) is 13.1. The summed E-state index contributed by atoms with van der Waals surface area (Å²) in [6.07, 6.45) is 2.23. The van der Waals surface area contributed by atoms with E-state index in [0.717, 1.165) is 24.1 Å². The topological polar surface area (TPSA) is 64.7 Å². The van der Waals surface area contributed by atoms with E-state index < -0.39 is 0 Å². The van der Waals surface area contributed by atoms with Crippen LogP contribution in [0.25, 0.3) is 0 Å². The lowest BCUT2D eigenvalue weighted by atomic mass is 10.1. The fourth-order valence-electron chi connectivity index (χ4n) is 3.47. The van der Waals surface area contributed by atoms with Gasteiger partial charge in [-0.25, -0.2) is 9.18 Å². The van der Waals surface area contributed by atoms with Gasteiger partial charge in [0.2, 0.25) is 0 Å². The van der Waals surface area contributed by atoms with Crippen molar-refractivity contribution in [1.82, 2.24) is 10.2 Å². The molecule has 166 valence electrons. The van der Waals surface area contributed by atoms with Crippen molar-refractivity contribution in [3.8, 4) is 0 Å². The van der Waals surface area contributed by atoms with Gasteiger partial charge in [0, 0.05) is 50.2 Å². The molecule has 31 heavy (non-hydrogen) atoms. The summed E-state index contributed by atoms with van der Waals surface area (Å²) in [5.74, 6) is 0.0245. The van der Waals surface area contributed by atoms with Crippen molar-refractivity contribution in [1.29, 1.82) is 0 Å². The first kappa shape index (κ1) is 22.6. The molecule has 3 amide bonds. The maximum atomic E-state index is 13.3. The van der Waals surface area contributed by atoms with Crippen molar-refractivity contribution in [2.75, 3.05) is 30.9 Å². The van der Waals surface area contributed by atoms with Crippen LogP contribution >= 0.6 is 0 Å². The molecule has 0 aliphatic heterocycles. The molecule has 1 aliphatic rings. The molecule has 2 aromatic carbocycles. The molecule has 2 aromatic rings. The Morgan fingerprint density at radius 3 is 2.35 bits per heavy atom. The van der Waals surface area contributed by atoms with Gasteiger partial charge in [0.25, 0.3) is 5.91 Å². The summed E-state index contributed by atoms with van der Waals surface area (Å²) >= 11 is 0. The largest absolute Gasteiger partial charge is 0.377 e. The van der Waals surface area contributed by atoms with E-state index in [4.69, 9.17) is 0 Å². The molecule has 3 rings (SSSR count). The monoisotopic (exact) mass is 426 g/mol. The van der Waals surface area contributed by atoms with E-state index in [0.29, 0.717) is 30.3 Å². The second-order valence-electron chi connectivity index (χ2n) is 8.63. The minimum Gasteiger partial charge on any atom is -0.377 e. The average molecular weight is 427 g/mol. The van der Waals surface area contributed by atoms with Gasteiger partial charge in [-0.2, -0.15) is 0 Å². The second-order valence-corrected chi connectivity index (χ2v) is 8.63. The molecule has 0 unspecified atom stereocenters. The van der Waals surface area contributed by atoms with Crippen molar-refractivity contribution < 1.29 is 14.0 Å². The van der Waals surface area contributed by atoms with Gasteiger partial charge in [0.1, 0.15) is 5.82 Å². The standard InChI is InChI=1S/C24H31FN4O2/c1-16(2)26-24(31)27-21-11-12-22(28(3)4)19(13-21)15-29(14-17-5-6-17)23(30)18-7-9-20(25)10-8-18/h7-13,16-17H,5-6,14-15H2,1-4H3,(H2,26,27,31). The third-order valence-corrected chi connectivity index (χ3v) is 5.15. The Bertz CT molecular complexity index is 924. The molecule has 0 atom stereocenters. The molecule has 0 aromatic heterocycles. The zero-order valence-electron chi connectivity index (χ0n) is 18.6. The number of rotatable bonds is 8. The van der Waals surface area contributed by atoms with Crippen molar-refractivity contribution >= 4 is 23.3 Å². The smallest absolute Gasteiger partial charge is 0.319 e. The molecule has 1 fully saturated rings. The van der Waals surface area contributed by atoms with Gasteiger partial charge in [-0.05, 0) is 80.6 Å². The number of carbonyl (C=O) groups excluding carboxylic acids is 2. The van der Waals surface area contributed by atoms with Gasteiger partial charge in [-0.1, -0.05) is 0 Å². The summed E-state index contributed by atoms with van der Waals surface area (Å²) in [6.45, 7) is 4.87. The van der Waals surface area contributed by atoms with Crippen LogP contribution in [0.4, 0.5) is 20.6 Å². The molecular formula is C24H31FN4O2. The number of hydrogen-bond acceptors (Lipinski definition) is 3. The predicted octanol–water partition coefficient (Wildman–Crippen LogP) is 4.47. The lowest BCUT2D eigenvalue weighted by Gasteiger charge is -2.26. The van der Waals surface area contributed by atoms with Gasteiger partial charge in [-0.15, -0.1) is 0 Å². The third-order valence-electron chi connectivity index (χ3n) is 5.15. The first-order valence-corrected chi connectivity index (χ1v) is 10.7. The number of urea groups is 1. The molecule has 0 spiro atoms. The summed E-state index contributed by atoms with van der Waals surface area (Å²) in [6, 6.07) is 11.1. The van der Waals surface area contributed by atoms with Gasteiger partial charge in [0.15, 0.2) is 0 Å². The summed E-state index contributed by atoms with van der Waals surface area (Å²) in [5, 5.41) is 5.67. The Balaban J connectivity index is 1.85. The minimum atomic E-state index is -0.362. The van der Waals surface area contributed by atoms with Crippen molar-refractivity contribution in [2.45, 2.75) is 39.3 Å². The minimum absolute atomic E-state index is 0.0304. The van der Waals surface area contributed by atoms with Crippen LogP contribution in [0.1, 0.15) is 42.6 Å². The fourth-order valence-corrected chi connectivity index (χ4v) is 3.47. The van der Waals surface area contributed by atoms with Crippen LogP contribution in [-0.4, -0.2) is 43.5 Å². The highest BCUT2D eigenvalue weighted by atomic mass is 19.1. The summed E-state index contributed by atoms with van der Waals surface area (Å²) < 4.78 is 13.3. The fraction of sp³-hybridized carbons (Fsp3) is 0.417. The number of amides is 3. The van der Waals surface area contributed by atoms with E-state index in [1.165, 1.54) is 24.3 Å². The maximum absolute atomic E-state index is 13.3. The van der Waals surface area contributed by atoms with Gasteiger partial charge in [0.05, 0.1) is 0 Å². The molecule has 2 N–H and O–H groups in total. The van der Waals surface area contributed by atoms with E-state index in [2.05, 4.69) is 10.6 Å². The van der Waals surface area contributed by atoms with Crippen LogP contribution in [0, 0.1) is 11.7 Å². The van der Waals surface area contributed by atoms with Crippen molar-refractivity contribution in [3.05, 3.63) is 59.4 Å². The van der Waals surface area contributed by atoms with E-state index >= 15 is 0 Å². The lowest BCUT2D eigenvalue weighted by Crippen LogP contribution is -2.34. The van der Waals surface area contributed by atoms with E-state index in [1.807, 2.05) is 55.9 Å². The Hall–Kier alpha value is -3.09. The lowest BCUT2D eigenvalue weighted by molar-refractivity contribution is 0.0735. The number of halogens is 1. The number of nitrogens with zero attached hydrogens (tertiary/aromatic N) is 2. The highest BCUT2D eigenvalue weighted by molar-refractivity contribution is 5.94. The third kappa shape index (κ3) is 6.44.